The van der Waals surface area contributed by atoms with Crippen molar-refractivity contribution in [2.75, 3.05) is 26.2 Å². The van der Waals surface area contributed by atoms with Gasteiger partial charge in [0.1, 0.15) is 5.69 Å². The quantitative estimate of drug-likeness (QED) is 0.844. The van der Waals surface area contributed by atoms with Gasteiger partial charge in [-0.25, -0.2) is 0 Å². The van der Waals surface area contributed by atoms with Gasteiger partial charge in [0.05, 0.1) is 0 Å². The van der Waals surface area contributed by atoms with E-state index in [0.717, 1.165) is 18.2 Å². The number of piperidine rings is 1. The molecule has 2 heterocycles. The Morgan fingerprint density at radius 2 is 2.04 bits per heavy atom. The van der Waals surface area contributed by atoms with E-state index in [-0.39, 0.29) is 5.91 Å². The van der Waals surface area contributed by atoms with Crippen LogP contribution in [0.2, 0.25) is 0 Å². The third-order valence-corrected chi connectivity index (χ3v) is 5.50. The average molecular weight is 330 g/mol. The van der Waals surface area contributed by atoms with E-state index in [1.54, 1.807) is 4.68 Å². The molecule has 1 amide bonds. The Morgan fingerprint density at radius 3 is 2.67 bits per heavy atom. The van der Waals surface area contributed by atoms with Gasteiger partial charge in [0.25, 0.3) is 5.91 Å². The van der Waals surface area contributed by atoms with E-state index in [0.29, 0.717) is 11.6 Å². The van der Waals surface area contributed by atoms with Crippen LogP contribution in [0, 0.1) is 18.8 Å². The van der Waals surface area contributed by atoms with E-state index >= 15 is 0 Å². The first-order valence-electron chi connectivity index (χ1n) is 9.28. The summed E-state index contributed by atoms with van der Waals surface area (Å²) in [6, 6.07) is 1.84. The summed E-state index contributed by atoms with van der Waals surface area (Å²) in [7, 11) is 1.87. The monoisotopic (exact) mass is 330 g/mol. The van der Waals surface area contributed by atoms with E-state index in [4.69, 9.17) is 0 Å². The number of carbonyl (C=O) groups excluding carboxylic acids is 1. The highest BCUT2D eigenvalue weighted by molar-refractivity contribution is 5.92. The van der Waals surface area contributed by atoms with Crippen LogP contribution in [-0.2, 0) is 7.05 Å². The molecule has 1 aliphatic heterocycles. The highest BCUT2D eigenvalue weighted by atomic mass is 16.1. The molecule has 1 fully saturated rings. The molecule has 0 radical (unpaired) electrons. The Labute approximate surface area is 145 Å². The second-order valence-electron chi connectivity index (χ2n) is 7.40. The van der Waals surface area contributed by atoms with Crippen LogP contribution in [0.4, 0.5) is 0 Å². The Kier molecular flexibility index (Phi) is 5.72. The average Bonchev–Trinajstić information content (AvgIpc) is 2.94. The molecule has 0 spiro atoms. The standard InChI is InChI=1S/C19H30N4O/c1-15-12-18(21-22(15)2)19(24)20-13-16-8-10-23(11-9-16)14-17-6-4-3-5-7-17/h3-4,12,16-17H,5-11,13-14H2,1-2H3,(H,20,24). The Hall–Kier alpha value is -1.62. The molecule has 5 nitrogen and oxygen atoms in total. The summed E-state index contributed by atoms with van der Waals surface area (Å²) in [6.07, 6.45) is 10.9. The summed E-state index contributed by atoms with van der Waals surface area (Å²) >= 11 is 0. The minimum Gasteiger partial charge on any atom is -0.350 e. The third-order valence-electron chi connectivity index (χ3n) is 5.50. The first kappa shape index (κ1) is 17.2. The number of nitrogens with one attached hydrogen (secondary N) is 1. The van der Waals surface area contributed by atoms with Crippen LogP contribution in [-0.4, -0.2) is 46.8 Å². The molecule has 3 rings (SSSR count). The van der Waals surface area contributed by atoms with Crippen LogP contribution < -0.4 is 5.32 Å². The number of amides is 1. The van der Waals surface area contributed by atoms with Gasteiger partial charge in [0, 0.05) is 25.8 Å². The minimum atomic E-state index is -0.0462. The van der Waals surface area contributed by atoms with Crippen LogP contribution in [0.3, 0.4) is 0 Å². The molecule has 24 heavy (non-hydrogen) atoms. The second kappa shape index (κ2) is 7.97. The molecule has 5 heteroatoms. The van der Waals surface area contributed by atoms with Gasteiger partial charge in [-0.15, -0.1) is 0 Å². The van der Waals surface area contributed by atoms with Gasteiger partial charge in [0.15, 0.2) is 0 Å². The molecule has 1 unspecified atom stereocenters. The number of carbonyl (C=O) groups is 1. The molecule has 0 aromatic carbocycles. The van der Waals surface area contributed by atoms with Gasteiger partial charge < -0.3 is 10.2 Å². The maximum absolute atomic E-state index is 12.2. The fourth-order valence-corrected chi connectivity index (χ4v) is 3.76. The van der Waals surface area contributed by atoms with Crippen molar-refractivity contribution < 1.29 is 4.79 Å². The zero-order valence-electron chi connectivity index (χ0n) is 15.0. The lowest BCUT2D eigenvalue weighted by molar-refractivity contribution is 0.0927. The van der Waals surface area contributed by atoms with Gasteiger partial charge in [-0.2, -0.15) is 5.10 Å². The number of rotatable bonds is 5. The summed E-state index contributed by atoms with van der Waals surface area (Å²) in [5, 5.41) is 7.30. The first-order chi connectivity index (χ1) is 11.6. The maximum Gasteiger partial charge on any atom is 0.271 e. The zero-order valence-corrected chi connectivity index (χ0v) is 15.0. The molecule has 1 aliphatic carbocycles. The van der Waals surface area contributed by atoms with Crippen molar-refractivity contribution in [1.82, 2.24) is 20.0 Å². The molecule has 0 saturated carbocycles. The molecule has 1 N–H and O–H groups in total. The van der Waals surface area contributed by atoms with Crippen LogP contribution in [0.15, 0.2) is 18.2 Å². The largest absolute Gasteiger partial charge is 0.350 e. The van der Waals surface area contributed by atoms with Crippen molar-refractivity contribution in [2.45, 2.75) is 39.0 Å². The highest BCUT2D eigenvalue weighted by Gasteiger charge is 2.22. The fourth-order valence-electron chi connectivity index (χ4n) is 3.76. The number of hydrogen-bond donors (Lipinski definition) is 1. The summed E-state index contributed by atoms with van der Waals surface area (Å²) in [4.78, 5) is 14.8. The summed E-state index contributed by atoms with van der Waals surface area (Å²) in [6.45, 7) is 6.32. The van der Waals surface area contributed by atoms with Gasteiger partial charge >= 0.3 is 0 Å². The molecule has 1 saturated heterocycles. The van der Waals surface area contributed by atoms with Crippen molar-refractivity contribution in [3.63, 3.8) is 0 Å². The number of aromatic nitrogens is 2. The first-order valence-corrected chi connectivity index (χ1v) is 9.28. The van der Waals surface area contributed by atoms with Crippen molar-refractivity contribution in [1.29, 1.82) is 0 Å². The third kappa shape index (κ3) is 4.47. The molecular formula is C19H30N4O. The second-order valence-corrected chi connectivity index (χ2v) is 7.40. The Morgan fingerprint density at radius 1 is 1.25 bits per heavy atom. The van der Waals surface area contributed by atoms with E-state index < -0.39 is 0 Å². The molecule has 2 aliphatic rings. The smallest absolute Gasteiger partial charge is 0.271 e. The molecule has 1 atom stereocenters. The van der Waals surface area contributed by atoms with Gasteiger partial charge in [0.2, 0.25) is 0 Å². The minimum absolute atomic E-state index is 0.0462. The molecule has 132 valence electrons. The van der Waals surface area contributed by atoms with E-state index in [9.17, 15) is 4.79 Å². The van der Waals surface area contributed by atoms with Crippen LogP contribution in [0.25, 0.3) is 0 Å². The van der Waals surface area contributed by atoms with Crippen molar-refractivity contribution in [3.8, 4) is 0 Å². The maximum atomic E-state index is 12.2. The number of nitrogens with zero attached hydrogens (tertiary/aromatic N) is 3. The lowest BCUT2D eigenvalue weighted by Crippen LogP contribution is -2.40. The fraction of sp³-hybridized carbons (Fsp3) is 0.684. The topological polar surface area (TPSA) is 50.2 Å². The van der Waals surface area contributed by atoms with Crippen molar-refractivity contribution >= 4 is 5.91 Å². The predicted octanol–water partition coefficient (Wildman–Crippen LogP) is 2.53. The van der Waals surface area contributed by atoms with E-state index in [2.05, 4.69) is 27.5 Å². The Balaban J connectivity index is 1.37. The summed E-state index contributed by atoms with van der Waals surface area (Å²) < 4.78 is 1.74. The number of hydrogen-bond acceptors (Lipinski definition) is 3. The van der Waals surface area contributed by atoms with E-state index in [1.807, 2.05) is 20.0 Å². The van der Waals surface area contributed by atoms with Gasteiger partial charge in [-0.3, -0.25) is 9.48 Å². The normalized spacial score (nSPS) is 22.7. The number of aryl methyl sites for hydroxylation is 2. The molecule has 1 aromatic heterocycles. The molecule has 0 bridgehead atoms. The van der Waals surface area contributed by atoms with Crippen LogP contribution in [0.5, 0.6) is 0 Å². The molecular weight excluding hydrogens is 300 g/mol. The number of likely N-dealkylation sites (tertiary alicyclic amines) is 1. The van der Waals surface area contributed by atoms with Crippen molar-refractivity contribution in [2.24, 2.45) is 18.9 Å². The predicted molar refractivity (Wildman–Crippen MR) is 95.9 cm³/mol. The zero-order chi connectivity index (χ0) is 16.9. The lowest BCUT2D eigenvalue weighted by Gasteiger charge is -2.34. The van der Waals surface area contributed by atoms with Crippen LogP contribution in [0.1, 0.15) is 48.3 Å². The van der Waals surface area contributed by atoms with E-state index in [1.165, 1.54) is 51.7 Å². The van der Waals surface area contributed by atoms with Crippen molar-refractivity contribution in [3.05, 3.63) is 29.6 Å². The molecule has 1 aromatic rings. The highest BCUT2D eigenvalue weighted by Crippen LogP contribution is 2.23. The van der Waals surface area contributed by atoms with Crippen LogP contribution >= 0.6 is 0 Å². The summed E-state index contributed by atoms with van der Waals surface area (Å²) in [5.41, 5.74) is 1.53. The summed E-state index contributed by atoms with van der Waals surface area (Å²) in [5.74, 6) is 1.40. The lowest BCUT2D eigenvalue weighted by atomic mass is 9.91. The van der Waals surface area contributed by atoms with Gasteiger partial charge in [-0.05, 0) is 70.0 Å². The Bertz CT molecular complexity index is 565. The number of allylic oxidation sites excluding steroid dienone is 2. The van der Waals surface area contributed by atoms with Gasteiger partial charge in [-0.1, -0.05) is 12.2 Å². The SMILES string of the molecule is Cc1cc(C(=O)NCC2CCN(CC3CC=CCC3)CC2)nn1C.